The molecule has 19 heavy (non-hydrogen) atoms. The van der Waals surface area contributed by atoms with E-state index in [9.17, 15) is 0 Å². The summed E-state index contributed by atoms with van der Waals surface area (Å²) in [6.07, 6.45) is 3.55. The Bertz CT molecular complexity index is 692. The van der Waals surface area contributed by atoms with Crippen molar-refractivity contribution in [1.82, 2.24) is 19.6 Å². The minimum atomic E-state index is -0.00826. The molecule has 3 heterocycles. The van der Waals surface area contributed by atoms with Crippen LogP contribution < -0.4 is 5.32 Å². The van der Waals surface area contributed by atoms with Crippen molar-refractivity contribution < 1.29 is 0 Å². The first kappa shape index (κ1) is 11.9. The Morgan fingerprint density at radius 2 is 2.11 bits per heavy atom. The molecule has 6 heteroatoms. The van der Waals surface area contributed by atoms with Crippen molar-refractivity contribution >= 4 is 23.1 Å². The van der Waals surface area contributed by atoms with Crippen LogP contribution in [0.15, 0.2) is 42.7 Å². The van der Waals surface area contributed by atoms with Gasteiger partial charge in [-0.2, -0.15) is 0 Å². The van der Waals surface area contributed by atoms with E-state index in [0.29, 0.717) is 5.02 Å². The molecule has 0 spiro atoms. The van der Waals surface area contributed by atoms with Crippen LogP contribution >= 0.6 is 11.6 Å². The van der Waals surface area contributed by atoms with Gasteiger partial charge < -0.3 is 5.32 Å². The molecule has 0 amide bonds. The quantitative estimate of drug-likeness (QED) is 0.797. The van der Waals surface area contributed by atoms with Gasteiger partial charge in [0.2, 0.25) is 0 Å². The lowest BCUT2D eigenvalue weighted by molar-refractivity contribution is 0.768. The maximum atomic E-state index is 5.81. The van der Waals surface area contributed by atoms with Gasteiger partial charge >= 0.3 is 0 Å². The zero-order valence-electron chi connectivity index (χ0n) is 10.3. The van der Waals surface area contributed by atoms with Gasteiger partial charge in [0.25, 0.3) is 0 Å². The van der Waals surface area contributed by atoms with Crippen molar-refractivity contribution in [2.45, 2.75) is 13.0 Å². The lowest BCUT2D eigenvalue weighted by atomic mass is 10.3. The summed E-state index contributed by atoms with van der Waals surface area (Å²) in [6, 6.07) is 9.43. The average Bonchev–Trinajstić information content (AvgIpc) is 2.85. The number of hydrogen-bond acceptors (Lipinski definition) is 4. The maximum absolute atomic E-state index is 5.81. The fraction of sp³-hybridized carbons (Fsp3) is 0.154. The van der Waals surface area contributed by atoms with Gasteiger partial charge in [0.15, 0.2) is 11.5 Å². The highest BCUT2D eigenvalue weighted by Gasteiger charge is 2.13. The third-order valence-corrected chi connectivity index (χ3v) is 3.04. The molecule has 1 atom stereocenters. The van der Waals surface area contributed by atoms with Crippen LogP contribution in [0.3, 0.4) is 0 Å². The van der Waals surface area contributed by atoms with Crippen LogP contribution in [0.5, 0.6) is 0 Å². The lowest BCUT2D eigenvalue weighted by Gasteiger charge is -2.12. The Balaban J connectivity index is 1.87. The van der Waals surface area contributed by atoms with Gasteiger partial charge in [-0.25, -0.2) is 4.98 Å². The Kier molecular flexibility index (Phi) is 3.05. The average molecular weight is 274 g/mol. The zero-order chi connectivity index (χ0) is 13.2. The highest BCUT2D eigenvalue weighted by Crippen LogP contribution is 2.18. The standard InChI is InChI=1S/C13H12ClN5/c1-9(16-11-6-5-10(14)8-15-11)13-18-17-12-4-2-3-7-19(12)13/h2-9H,1H3,(H,15,16)/t9-/m1/s1. The molecule has 3 aromatic heterocycles. The molecular formula is C13H12ClN5. The number of anilines is 1. The molecule has 0 saturated heterocycles. The van der Waals surface area contributed by atoms with Crippen LogP contribution in [0.4, 0.5) is 5.82 Å². The molecule has 0 fully saturated rings. The molecule has 3 aromatic rings. The minimum absolute atomic E-state index is 0.00826. The third-order valence-electron chi connectivity index (χ3n) is 2.82. The lowest BCUT2D eigenvalue weighted by Crippen LogP contribution is -2.11. The normalized spacial score (nSPS) is 12.5. The summed E-state index contributed by atoms with van der Waals surface area (Å²) in [5.41, 5.74) is 0.829. The van der Waals surface area contributed by atoms with E-state index in [1.54, 1.807) is 12.3 Å². The van der Waals surface area contributed by atoms with E-state index < -0.39 is 0 Å². The van der Waals surface area contributed by atoms with Crippen molar-refractivity contribution in [2.75, 3.05) is 5.32 Å². The molecular weight excluding hydrogens is 262 g/mol. The summed E-state index contributed by atoms with van der Waals surface area (Å²) in [5, 5.41) is 12.2. The Labute approximate surface area is 115 Å². The third kappa shape index (κ3) is 2.37. The second-order valence-electron chi connectivity index (χ2n) is 4.21. The molecule has 0 aliphatic heterocycles. The van der Waals surface area contributed by atoms with Gasteiger partial charge in [-0.3, -0.25) is 4.40 Å². The Morgan fingerprint density at radius 3 is 2.89 bits per heavy atom. The number of nitrogens with zero attached hydrogens (tertiary/aromatic N) is 4. The number of halogens is 1. The van der Waals surface area contributed by atoms with E-state index >= 15 is 0 Å². The van der Waals surface area contributed by atoms with Crippen LogP contribution in [0, 0.1) is 0 Å². The number of aromatic nitrogens is 4. The molecule has 96 valence electrons. The molecule has 5 nitrogen and oxygen atoms in total. The van der Waals surface area contributed by atoms with E-state index in [1.165, 1.54) is 0 Å². The molecule has 3 rings (SSSR count). The first-order valence-electron chi connectivity index (χ1n) is 5.92. The van der Waals surface area contributed by atoms with Gasteiger partial charge in [-0.05, 0) is 31.2 Å². The maximum Gasteiger partial charge on any atom is 0.160 e. The molecule has 0 bridgehead atoms. The molecule has 0 aliphatic rings. The summed E-state index contributed by atoms with van der Waals surface area (Å²) in [5.74, 6) is 1.59. The highest BCUT2D eigenvalue weighted by molar-refractivity contribution is 6.30. The van der Waals surface area contributed by atoms with E-state index in [1.807, 2.05) is 41.8 Å². The van der Waals surface area contributed by atoms with Gasteiger partial charge in [0.05, 0.1) is 11.1 Å². The second kappa shape index (κ2) is 4.85. The predicted molar refractivity (Wildman–Crippen MR) is 74.3 cm³/mol. The van der Waals surface area contributed by atoms with Crippen LogP contribution in [0.1, 0.15) is 18.8 Å². The zero-order valence-corrected chi connectivity index (χ0v) is 11.0. The van der Waals surface area contributed by atoms with E-state index in [4.69, 9.17) is 11.6 Å². The molecule has 0 aromatic carbocycles. The number of nitrogens with one attached hydrogen (secondary N) is 1. The van der Waals surface area contributed by atoms with Crippen molar-refractivity contribution in [2.24, 2.45) is 0 Å². The monoisotopic (exact) mass is 273 g/mol. The SMILES string of the molecule is C[C@@H](Nc1ccc(Cl)cn1)c1nnc2ccccn12. The number of rotatable bonds is 3. The molecule has 0 unspecified atom stereocenters. The van der Waals surface area contributed by atoms with Crippen LogP contribution in [-0.4, -0.2) is 19.6 Å². The number of fused-ring (bicyclic) bond motifs is 1. The van der Waals surface area contributed by atoms with Gasteiger partial charge in [-0.1, -0.05) is 17.7 Å². The summed E-state index contributed by atoms with van der Waals surface area (Å²) < 4.78 is 1.95. The van der Waals surface area contributed by atoms with Crippen LogP contribution in [0.2, 0.25) is 5.02 Å². The topological polar surface area (TPSA) is 55.1 Å². The predicted octanol–water partition coefficient (Wildman–Crippen LogP) is 2.95. The second-order valence-corrected chi connectivity index (χ2v) is 4.65. The van der Waals surface area contributed by atoms with Gasteiger partial charge in [0.1, 0.15) is 5.82 Å². The van der Waals surface area contributed by atoms with Crippen molar-refractivity contribution in [3.05, 3.63) is 53.6 Å². The van der Waals surface area contributed by atoms with Crippen molar-refractivity contribution in [1.29, 1.82) is 0 Å². The smallest absolute Gasteiger partial charge is 0.160 e. The van der Waals surface area contributed by atoms with Crippen LogP contribution in [0.25, 0.3) is 5.65 Å². The molecule has 0 saturated carbocycles. The molecule has 0 aliphatic carbocycles. The molecule has 1 N–H and O–H groups in total. The minimum Gasteiger partial charge on any atom is -0.360 e. The summed E-state index contributed by atoms with van der Waals surface area (Å²) in [4.78, 5) is 4.21. The van der Waals surface area contributed by atoms with Crippen molar-refractivity contribution in [3.63, 3.8) is 0 Å². The first-order chi connectivity index (χ1) is 9.24. The van der Waals surface area contributed by atoms with Gasteiger partial charge in [0, 0.05) is 12.4 Å². The fourth-order valence-electron chi connectivity index (χ4n) is 1.90. The van der Waals surface area contributed by atoms with E-state index in [-0.39, 0.29) is 6.04 Å². The largest absolute Gasteiger partial charge is 0.360 e. The van der Waals surface area contributed by atoms with Crippen molar-refractivity contribution in [3.8, 4) is 0 Å². The molecule has 0 radical (unpaired) electrons. The summed E-state index contributed by atoms with van der Waals surface area (Å²) >= 11 is 5.81. The fourth-order valence-corrected chi connectivity index (χ4v) is 2.01. The highest BCUT2D eigenvalue weighted by atomic mass is 35.5. The van der Waals surface area contributed by atoms with E-state index in [2.05, 4.69) is 20.5 Å². The van der Waals surface area contributed by atoms with Crippen LogP contribution in [-0.2, 0) is 0 Å². The summed E-state index contributed by atoms with van der Waals surface area (Å²) in [7, 11) is 0. The number of pyridine rings is 2. The number of hydrogen-bond donors (Lipinski definition) is 1. The van der Waals surface area contributed by atoms with Gasteiger partial charge in [-0.15, -0.1) is 10.2 Å². The Morgan fingerprint density at radius 1 is 1.21 bits per heavy atom. The van der Waals surface area contributed by atoms with E-state index in [0.717, 1.165) is 17.3 Å². The first-order valence-corrected chi connectivity index (χ1v) is 6.29. The summed E-state index contributed by atoms with van der Waals surface area (Å²) in [6.45, 7) is 2.01. The Hall–Kier alpha value is -2.14.